The largest absolute Gasteiger partial charge is 0.250 e. The average Bonchev–Trinajstić information content (AvgIpc) is 3.84. The molecule has 51 heavy (non-hydrogen) atoms. The van der Waals surface area contributed by atoms with Gasteiger partial charge in [0.15, 0.2) is 0 Å². The van der Waals surface area contributed by atoms with Gasteiger partial charge < -0.3 is 0 Å². The highest BCUT2D eigenvalue weighted by atomic mass is 15.4. The second-order valence-electron chi connectivity index (χ2n) is 16.5. The zero-order valence-corrected chi connectivity index (χ0v) is 36.2. The predicted octanol–water partition coefficient (Wildman–Crippen LogP) is 10.6. The van der Waals surface area contributed by atoms with Crippen LogP contribution in [0.3, 0.4) is 0 Å². The van der Waals surface area contributed by atoms with Crippen LogP contribution in [-0.2, 0) is 0 Å². The lowest BCUT2D eigenvalue weighted by molar-refractivity contribution is 0.469. The van der Waals surface area contributed by atoms with Crippen molar-refractivity contribution in [2.45, 2.75) is 193 Å². The van der Waals surface area contributed by atoms with Crippen molar-refractivity contribution in [2.75, 3.05) is 0 Å². The van der Waals surface area contributed by atoms with Crippen LogP contribution in [-0.4, -0.2) is 60.0 Å². The molecule has 292 valence electrons. The van der Waals surface area contributed by atoms with E-state index in [9.17, 15) is 0 Å². The van der Waals surface area contributed by atoms with Gasteiger partial charge in [-0.2, -0.15) is 0 Å². The summed E-state index contributed by atoms with van der Waals surface area (Å²) in [5, 5.41) is 31.9. The van der Waals surface area contributed by atoms with Crippen molar-refractivity contribution >= 4 is 0 Å². The second-order valence-corrected chi connectivity index (χ2v) is 16.5. The number of nitrogens with zero attached hydrogens (tertiary/aromatic N) is 12. The lowest BCUT2D eigenvalue weighted by Gasteiger charge is -2.10. The Hall–Kier alpha value is -3.44. The average molecular weight is 713 g/mol. The molecule has 4 aromatic rings. The van der Waals surface area contributed by atoms with Crippen molar-refractivity contribution in [1.82, 2.24) is 60.0 Å². The van der Waals surface area contributed by atoms with E-state index < -0.39 is 0 Å². The van der Waals surface area contributed by atoms with Crippen LogP contribution in [0.1, 0.15) is 216 Å². The Balaban J connectivity index is 0.000000618. The Morgan fingerprint density at radius 1 is 0.412 bits per heavy atom. The van der Waals surface area contributed by atoms with Crippen molar-refractivity contribution in [3.8, 4) is 0 Å². The summed E-state index contributed by atoms with van der Waals surface area (Å²) in [4.78, 5) is 0. The zero-order valence-electron chi connectivity index (χ0n) is 36.2. The van der Waals surface area contributed by atoms with Gasteiger partial charge in [-0.1, -0.05) is 104 Å². The number of aromatic nitrogens is 12. The summed E-state index contributed by atoms with van der Waals surface area (Å²) in [6.07, 6.45) is 9.06. The Morgan fingerprint density at radius 3 is 0.863 bits per heavy atom. The van der Waals surface area contributed by atoms with Gasteiger partial charge in [-0.05, 0) is 97.3 Å². The summed E-state index contributed by atoms with van der Waals surface area (Å²) < 4.78 is 7.69. The molecule has 0 bridgehead atoms. The van der Waals surface area contributed by atoms with E-state index in [1.54, 1.807) is 0 Å². The van der Waals surface area contributed by atoms with E-state index in [0.29, 0.717) is 47.8 Å². The standard InChI is InChI=1S/4C8H15N3.C7H16/c2*1-6(2)8-5-11(7(3)4)10-9-8;2*1-6(2)8-5-9-10-11(8)7(3)4;1-6(2)5-7(3)4/h4*5-7H,1-4H3;6-7H,5H2,1-4H3. The van der Waals surface area contributed by atoms with Crippen molar-refractivity contribution in [1.29, 1.82) is 0 Å². The monoisotopic (exact) mass is 713 g/mol. The van der Waals surface area contributed by atoms with Crippen LogP contribution >= 0.6 is 0 Å². The molecule has 0 aromatic carbocycles. The van der Waals surface area contributed by atoms with Gasteiger partial charge in [-0.15, -0.1) is 20.4 Å². The topological polar surface area (TPSA) is 123 Å². The minimum atomic E-state index is 0.412. The van der Waals surface area contributed by atoms with Crippen LogP contribution in [0.2, 0.25) is 0 Å². The molecule has 4 aromatic heterocycles. The summed E-state index contributed by atoms with van der Waals surface area (Å²) in [5.41, 5.74) is 4.55. The molecule has 0 amide bonds. The van der Waals surface area contributed by atoms with Crippen molar-refractivity contribution in [3.63, 3.8) is 0 Å². The maximum absolute atomic E-state index is 4.05. The molecule has 12 nitrogen and oxygen atoms in total. The highest BCUT2D eigenvalue weighted by molar-refractivity contribution is 5.02. The van der Waals surface area contributed by atoms with E-state index in [1.807, 2.05) is 43.5 Å². The quantitative estimate of drug-likeness (QED) is 0.159. The first-order chi connectivity index (χ1) is 23.6. The van der Waals surface area contributed by atoms with E-state index in [-0.39, 0.29) is 0 Å². The first-order valence-electron chi connectivity index (χ1n) is 19.2. The Kier molecular flexibility index (Phi) is 22.3. The van der Waals surface area contributed by atoms with Crippen LogP contribution in [0.25, 0.3) is 0 Å². The fourth-order valence-electron chi connectivity index (χ4n) is 4.69. The van der Waals surface area contributed by atoms with Gasteiger partial charge in [0.1, 0.15) is 0 Å². The van der Waals surface area contributed by atoms with Crippen LogP contribution in [0.4, 0.5) is 0 Å². The molecule has 0 spiro atoms. The molecule has 0 aliphatic heterocycles. The van der Waals surface area contributed by atoms with E-state index in [0.717, 1.165) is 23.2 Å². The maximum Gasteiger partial charge on any atom is 0.0852 e. The first-order valence-corrected chi connectivity index (χ1v) is 19.2. The van der Waals surface area contributed by atoms with Gasteiger partial charge in [0.2, 0.25) is 0 Å². The third-order valence-electron chi connectivity index (χ3n) is 7.61. The molecule has 0 fully saturated rings. The molecule has 0 radical (unpaired) electrons. The third kappa shape index (κ3) is 18.6. The van der Waals surface area contributed by atoms with Gasteiger partial charge in [-0.3, -0.25) is 0 Å². The minimum absolute atomic E-state index is 0.412. The van der Waals surface area contributed by atoms with Crippen LogP contribution in [0.15, 0.2) is 24.8 Å². The van der Waals surface area contributed by atoms with E-state index in [4.69, 9.17) is 0 Å². The van der Waals surface area contributed by atoms with Crippen molar-refractivity contribution in [3.05, 3.63) is 47.6 Å². The van der Waals surface area contributed by atoms with Crippen LogP contribution in [0.5, 0.6) is 0 Å². The van der Waals surface area contributed by atoms with Crippen LogP contribution < -0.4 is 0 Å². The molecule has 4 heterocycles. The molecule has 0 N–H and O–H groups in total. The number of hydrogen-bond acceptors (Lipinski definition) is 8. The fourth-order valence-corrected chi connectivity index (χ4v) is 4.69. The molecule has 0 atom stereocenters. The highest BCUT2D eigenvalue weighted by Gasteiger charge is 2.11. The molecule has 0 saturated heterocycles. The smallest absolute Gasteiger partial charge is 0.0852 e. The highest BCUT2D eigenvalue weighted by Crippen LogP contribution is 2.17. The van der Waals surface area contributed by atoms with Crippen molar-refractivity contribution < 1.29 is 0 Å². The van der Waals surface area contributed by atoms with Gasteiger partial charge in [-0.25, -0.2) is 18.7 Å². The summed E-state index contributed by atoms with van der Waals surface area (Å²) in [5.74, 6) is 3.71. The van der Waals surface area contributed by atoms with E-state index >= 15 is 0 Å². The SMILES string of the molecule is CC(C)CC(C)C.CC(C)c1cn(C(C)C)nn1.CC(C)c1cn(C(C)C)nn1.CC(C)c1cnnn1C(C)C.CC(C)c1cnnn1C(C)C. The summed E-state index contributed by atoms with van der Waals surface area (Å²) in [6, 6.07) is 1.65. The normalized spacial score (nSPS) is 11.4. The minimum Gasteiger partial charge on any atom is -0.250 e. The lowest BCUT2D eigenvalue weighted by atomic mass is 10.0. The van der Waals surface area contributed by atoms with E-state index in [1.165, 1.54) is 17.8 Å². The number of hydrogen-bond donors (Lipinski definition) is 0. The molecule has 12 heteroatoms. The first kappa shape index (κ1) is 47.6. The summed E-state index contributed by atoms with van der Waals surface area (Å²) in [7, 11) is 0. The van der Waals surface area contributed by atoms with Gasteiger partial charge in [0.25, 0.3) is 0 Å². The van der Waals surface area contributed by atoms with Gasteiger partial charge in [0, 0.05) is 36.6 Å². The molecule has 0 aliphatic rings. The third-order valence-corrected chi connectivity index (χ3v) is 7.61. The Labute approximate surface area is 311 Å². The predicted molar refractivity (Wildman–Crippen MR) is 212 cm³/mol. The molecule has 0 saturated carbocycles. The summed E-state index contributed by atoms with van der Waals surface area (Å²) in [6.45, 7) is 43.0. The van der Waals surface area contributed by atoms with Gasteiger partial charge >= 0.3 is 0 Å². The Morgan fingerprint density at radius 2 is 0.725 bits per heavy atom. The summed E-state index contributed by atoms with van der Waals surface area (Å²) >= 11 is 0. The van der Waals surface area contributed by atoms with Crippen LogP contribution in [0, 0.1) is 11.8 Å². The molecule has 0 unspecified atom stereocenters. The maximum atomic E-state index is 4.05. The van der Waals surface area contributed by atoms with Crippen molar-refractivity contribution in [2.24, 2.45) is 11.8 Å². The molecular formula is C39H76N12. The van der Waals surface area contributed by atoms with Gasteiger partial charge in [0.05, 0.1) is 35.2 Å². The zero-order chi connectivity index (χ0) is 39.6. The second kappa shape index (κ2) is 23.9. The molecule has 4 rings (SSSR count). The molecular weight excluding hydrogens is 637 g/mol. The van der Waals surface area contributed by atoms with E-state index in [2.05, 4.69) is 180 Å². The number of rotatable bonds is 10. The Bertz CT molecular complexity index is 1220. The fraction of sp³-hybridized carbons (Fsp3) is 0.795. The molecule has 0 aliphatic carbocycles. The lowest BCUT2D eigenvalue weighted by Crippen LogP contribution is -2.08.